The lowest BCUT2D eigenvalue weighted by Gasteiger charge is -2.02. The van der Waals surface area contributed by atoms with Crippen molar-refractivity contribution in [1.29, 1.82) is 0 Å². The third kappa shape index (κ3) is 2.42. The van der Waals surface area contributed by atoms with Gasteiger partial charge in [-0.15, -0.1) is 0 Å². The van der Waals surface area contributed by atoms with E-state index < -0.39 is 0 Å². The van der Waals surface area contributed by atoms with Gasteiger partial charge in [-0.3, -0.25) is 4.79 Å². The number of nitrogens with zero attached hydrogens (tertiary/aromatic N) is 1. The van der Waals surface area contributed by atoms with Gasteiger partial charge in [0.05, 0.1) is 6.20 Å². The lowest BCUT2D eigenvalue weighted by Crippen LogP contribution is -2.25. The SMILES string of the molecule is Cc1cnc(C(=O)NCCc2c[nH]c3ccccc23)o1. The fourth-order valence-corrected chi connectivity index (χ4v) is 2.18. The summed E-state index contributed by atoms with van der Waals surface area (Å²) in [7, 11) is 0. The molecule has 20 heavy (non-hydrogen) atoms. The van der Waals surface area contributed by atoms with Gasteiger partial charge in [0, 0.05) is 23.6 Å². The third-order valence-electron chi connectivity index (χ3n) is 3.17. The first-order valence-corrected chi connectivity index (χ1v) is 6.49. The number of nitrogens with one attached hydrogen (secondary N) is 2. The smallest absolute Gasteiger partial charge is 0.307 e. The number of aromatic nitrogens is 2. The van der Waals surface area contributed by atoms with Crippen LogP contribution in [0.3, 0.4) is 0 Å². The minimum absolute atomic E-state index is 0.112. The second kappa shape index (κ2) is 5.21. The number of aromatic amines is 1. The highest BCUT2D eigenvalue weighted by atomic mass is 16.4. The average molecular weight is 269 g/mol. The molecule has 5 nitrogen and oxygen atoms in total. The first kappa shape index (κ1) is 12.5. The summed E-state index contributed by atoms with van der Waals surface area (Å²) in [4.78, 5) is 18.9. The maximum absolute atomic E-state index is 11.8. The molecular formula is C15H15N3O2. The molecule has 5 heteroatoms. The Labute approximate surface area is 116 Å². The van der Waals surface area contributed by atoms with Gasteiger partial charge in [0.1, 0.15) is 5.76 Å². The third-order valence-corrected chi connectivity index (χ3v) is 3.17. The first-order valence-electron chi connectivity index (χ1n) is 6.49. The Morgan fingerprint density at radius 3 is 3.05 bits per heavy atom. The van der Waals surface area contributed by atoms with Crippen molar-refractivity contribution in [3.8, 4) is 0 Å². The van der Waals surface area contributed by atoms with Gasteiger partial charge < -0.3 is 14.7 Å². The van der Waals surface area contributed by atoms with Gasteiger partial charge >= 0.3 is 5.91 Å². The van der Waals surface area contributed by atoms with Crippen LogP contribution in [0.25, 0.3) is 10.9 Å². The Hall–Kier alpha value is -2.56. The minimum Gasteiger partial charge on any atom is -0.438 e. The fourth-order valence-electron chi connectivity index (χ4n) is 2.18. The number of aryl methyl sites for hydroxylation is 1. The van der Waals surface area contributed by atoms with Crippen LogP contribution in [-0.4, -0.2) is 22.4 Å². The van der Waals surface area contributed by atoms with E-state index in [1.807, 2.05) is 24.4 Å². The number of fused-ring (bicyclic) bond motifs is 1. The maximum atomic E-state index is 11.8. The summed E-state index contributed by atoms with van der Waals surface area (Å²) in [6.45, 7) is 2.30. The maximum Gasteiger partial charge on any atom is 0.307 e. The van der Waals surface area contributed by atoms with Crippen molar-refractivity contribution in [3.05, 3.63) is 53.9 Å². The molecule has 1 amide bonds. The Morgan fingerprint density at radius 2 is 2.25 bits per heavy atom. The van der Waals surface area contributed by atoms with Crippen molar-refractivity contribution >= 4 is 16.8 Å². The zero-order valence-electron chi connectivity index (χ0n) is 11.1. The Balaban J connectivity index is 1.61. The molecule has 0 bridgehead atoms. The first-order chi connectivity index (χ1) is 9.74. The van der Waals surface area contributed by atoms with E-state index in [1.54, 1.807) is 6.92 Å². The lowest BCUT2D eigenvalue weighted by atomic mass is 10.1. The molecule has 0 saturated carbocycles. The number of hydrogen-bond donors (Lipinski definition) is 2. The van der Waals surface area contributed by atoms with E-state index >= 15 is 0 Å². The number of amides is 1. The van der Waals surface area contributed by atoms with Crippen molar-refractivity contribution in [3.63, 3.8) is 0 Å². The summed E-state index contributed by atoms with van der Waals surface area (Å²) in [6.07, 6.45) is 4.27. The molecule has 0 saturated heterocycles. The van der Waals surface area contributed by atoms with E-state index in [2.05, 4.69) is 21.4 Å². The van der Waals surface area contributed by atoms with Gasteiger partial charge in [-0.1, -0.05) is 18.2 Å². The summed E-state index contributed by atoms with van der Waals surface area (Å²) >= 11 is 0. The highest BCUT2D eigenvalue weighted by Gasteiger charge is 2.11. The van der Waals surface area contributed by atoms with Gasteiger partial charge in [0.15, 0.2) is 0 Å². The Morgan fingerprint density at radius 1 is 1.40 bits per heavy atom. The monoisotopic (exact) mass is 269 g/mol. The number of benzene rings is 1. The molecule has 0 aliphatic rings. The van der Waals surface area contributed by atoms with Crippen LogP contribution >= 0.6 is 0 Å². The molecule has 0 fully saturated rings. The Kier molecular flexibility index (Phi) is 3.25. The molecular weight excluding hydrogens is 254 g/mol. The molecule has 0 atom stereocenters. The quantitative estimate of drug-likeness (QED) is 0.764. The molecule has 102 valence electrons. The van der Waals surface area contributed by atoms with E-state index in [1.165, 1.54) is 17.1 Å². The van der Waals surface area contributed by atoms with Gasteiger partial charge in [0.25, 0.3) is 5.89 Å². The predicted molar refractivity (Wildman–Crippen MR) is 75.6 cm³/mol. The number of carbonyl (C=O) groups is 1. The van der Waals surface area contributed by atoms with Gasteiger partial charge in [0.2, 0.25) is 0 Å². The molecule has 0 aliphatic heterocycles. The van der Waals surface area contributed by atoms with Gasteiger partial charge in [-0.25, -0.2) is 4.98 Å². The van der Waals surface area contributed by atoms with Crippen LogP contribution in [0.5, 0.6) is 0 Å². The second-order valence-corrected chi connectivity index (χ2v) is 4.64. The number of para-hydroxylation sites is 1. The zero-order valence-corrected chi connectivity index (χ0v) is 11.1. The van der Waals surface area contributed by atoms with E-state index in [0.717, 1.165) is 11.9 Å². The minimum atomic E-state index is -0.280. The summed E-state index contributed by atoms with van der Waals surface area (Å²) in [5.74, 6) is 0.464. The molecule has 3 rings (SSSR count). The van der Waals surface area contributed by atoms with Gasteiger partial charge in [-0.2, -0.15) is 0 Å². The predicted octanol–water partition coefficient (Wildman–Crippen LogP) is 2.44. The molecule has 3 aromatic rings. The van der Waals surface area contributed by atoms with Crippen LogP contribution in [0.15, 0.2) is 41.1 Å². The van der Waals surface area contributed by atoms with Crippen LogP contribution < -0.4 is 5.32 Å². The van der Waals surface area contributed by atoms with E-state index in [0.29, 0.717) is 12.3 Å². The van der Waals surface area contributed by atoms with Crippen molar-refractivity contribution in [2.75, 3.05) is 6.54 Å². The van der Waals surface area contributed by atoms with Crippen LogP contribution in [0.4, 0.5) is 0 Å². The summed E-state index contributed by atoms with van der Waals surface area (Å²) in [6, 6.07) is 8.11. The zero-order chi connectivity index (χ0) is 13.9. The lowest BCUT2D eigenvalue weighted by molar-refractivity contribution is 0.0918. The molecule has 2 N–H and O–H groups in total. The van der Waals surface area contributed by atoms with Crippen LogP contribution in [0.1, 0.15) is 22.0 Å². The number of carbonyl (C=O) groups excluding carboxylic acids is 1. The summed E-state index contributed by atoms with van der Waals surface area (Å²) in [5.41, 5.74) is 2.29. The van der Waals surface area contributed by atoms with Crippen molar-refractivity contribution in [2.45, 2.75) is 13.3 Å². The highest BCUT2D eigenvalue weighted by molar-refractivity contribution is 5.89. The van der Waals surface area contributed by atoms with Crippen molar-refractivity contribution < 1.29 is 9.21 Å². The van der Waals surface area contributed by atoms with E-state index in [9.17, 15) is 4.79 Å². The molecule has 2 heterocycles. The largest absolute Gasteiger partial charge is 0.438 e. The summed E-state index contributed by atoms with van der Waals surface area (Å²) in [5, 5.41) is 3.99. The number of oxazole rings is 1. The molecule has 0 radical (unpaired) electrons. The Bertz CT molecular complexity index is 742. The molecule has 0 spiro atoms. The van der Waals surface area contributed by atoms with E-state index in [4.69, 9.17) is 4.42 Å². The molecule has 0 unspecified atom stereocenters. The van der Waals surface area contributed by atoms with Crippen molar-refractivity contribution in [2.24, 2.45) is 0 Å². The fraction of sp³-hybridized carbons (Fsp3) is 0.200. The molecule has 1 aromatic carbocycles. The van der Waals surface area contributed by atoms with Crippen LogP contribution in [0, 0.1) is 6.92 Å². The second-order valence-electron chi connectivity index (χ2n) is 4.64. The summed E-state index contributed by atoms with van der Waals surface area (Å²) < 4.78 is 5.17. The normalized spacial score (nSPS) is 10.8. The number of rotatable bonds is 4. The molecule has 2 aromatic heterocycles. The van der Waals surface area contributed by atoms with E-state index in [-0.39, 0.29) is 11.8 Å². The average Bonchev–Trinajstić information content (AvgIpc) is 3.06. The van der Waals surface area contributed by atoms with Crippen LogP contribution in [-0.2, 0) is 6.42 Å². The standard InChI is InChI=1S/C15H15N3O2/c1-10-8-18-15(20-10)14(19)16-7-6-11-9-17-13-5-3-2-4-12(11)13/h2-5,8-9,17H,6-7H2,1H3,(H,16,19). The van der Waals surface area contributed by atoms with Gasteiger partial charge in [-0.05, 0) is 25.0 Å². The number of H-pyrrole nitrogens is 1. The molecule has 0 aliphatic carbocycles. The highest BCUT2D eigenvalue weighted by Crippen LogP contribution is 2.17. The van der Waals surface area contributed by atoms with Crippen LogP contribution in [0.2, 0.25) is 0 Å². The topological polar surface area (TPSA) is 70.9 Å². The van der Waals surface area contributed by atoms with Crippen molar-refractivity contribution in [1.82, 2.24) is 15.3 Å². The number of hydrogen-bond acceptors (Lipinski definition) is 3.